The highest BCUT2D eigenvalue weighted by molar-refractivity contribution is 7.09. The Bertz CT molecular complexity index is 985. The summed E-state index contributed by atoms with van der Waals surface area (Å²) in [6.07, 6.45) is 2.07. The van der Waals surface area contributed by atoms with Gasteiger partial charge in [-0.2, -0.15) is 0 Å². The van der Waals surface area contributed by atoms with Crippen LogP contribution < -0.4 is 19.5 Å². The summed E-state index contributed by atoms with van der Waals surface area (Å²) < 4.78 is 16.9. The zero-order valence-electron chi connectivity index (χ0n) is 18.1. The highest BCUT2D eigenvalue weighted by atomic mass is 32.1. The standard InChI is InChI=1S/C24H28N2O4S/c1-4-5-12-29-22-11-6-18(13-23(22)28-3)14-25-24(27)19-7-9-21(10-8-19)30-15-20-16-31-17(2)26-20/h6-11,13,16H,4-5,12,14-15H2,1-3H3,(H,25,27). The third-order valence-corrected chi connectivity index (χ3v) is 5.43. The van der Waals surface area contributed by atoms with Crippen molar-refractivity contribution in [2.45, 2.75) is 39.8 Å². The first-order valence-electron chi connectivity index (χ1n) is 10.3. The molecule has 0 saturated carbocycles. The fraction of sp³-hybridized carbons (Fsp3) is 0.333. The van der Waals surface area contributed by atoms with Gasteiger partial charge in [-0.25, -0.2) is 4.98 Å². The second-order valence-corrected chi connectivity index (χ2v) is 8.10. The van der Waals surface area contributed by atoms with Crippen molar-refractivity contribution in [1.82, 2.24) is 10.3 Å². The lowest BCUT2D eigenvalue weighted by Crippen LogP contribution is -2.22. The van der Waals surface area contributed by atoms with Crippen LogP contribution in [-0.2, 0) is 13.2 Å². The predicted octanol–water partition coefficient (Wildman–Crippen LogP) is 5.15. The third kappa shape index (κ3) is 6.72. The Kier molecular flexibility index (Phi) is 8.29. The van der Waals surface area contributed by atoms with Crippen molar-refractivity contribution < 1.29 is 19.0 Å². The number of ether oxygens (including phenoxy) is 3. The summed E-state index contributed by atoms with van der Waals surface area (Å²) in [6.45, 7) is 5.55. The predicted molar refractivity (Wildman–Crippen MR) is 122 cm³/mol. The van der Waals surface area contributed by atoms with Crippen molar-refractivity contribution in [3.05, 3.63) is 69.7 Å². The molecule has 0 radical (unpaired) electrons. The average Bonchev–Trinajstić information content (AvgIpc) is 3.22. The molecular formula is C24H28N2O4S. The number of unbranched alkanes of at least 4 members (excludes halogenated alkanes) is 1. The molecule has 164 valence electrons. The average molecular weight is 441 g/mol. The second kappa shape index (κ2) is 11.4. The number of benzene rings is 2. The Morgan fingerprint density at radius 1 is 1.10 bits per heavy atom. The molecule has 0 unspecified atom stereocenters. The van der Waals surface area contributed by atoms with Gasteiger partial charge in [0.05, 0.1) is 24.4 Å². The van der Waals surface area contributed by atoms with Crippen LogP contribution in [0.2, 0.25) is 0 Å². The Morgan fingerprint density at radius 2 is 1.90 bits per heavy atom. The lowest BCUT2D eigenvalue weighted by molar-refractivity contribution is 0.0951. The molecule has 2 aromatic carbocycles. The van der Waals surface area contributed by atoms with E-state index in [-0.39, 0.29) is 5.91 Å². The molecule has 1 heterocycles. The minimum absolute atomic E-state index is 0.149. The highest BCUT2D eigenvalue weighted by Gasteiger charge is 2.09. The lowest BCUT2D eigenvalue weighted by atomic mass is 10.1. The van der Waals surface area contributed by atoms with Gasteiger partial charge in [0, 0.05) is 17.5 Å². The summed E-state index contributed by atoms with van der Waals surface area (Å²) in [7, 11) is 1.61. The number of carbonyl (C=O) groups excluding carboxylic acids is 1. The molecule has 6 nitrogen and oxygen atoms in total. The molecule has 0 saturated heterocycles. The molecule has 1 amide bonds. The van der Waals surface area contributed by atoms with Crippen molar-refractivity contribution in [3.8, 4) is 17.2 Å². The lowest BCUT2D eigenvalue weighted by Gasteiger charge is -2.12. The Labute approximate surface area is 187 Å². The third-order valence-electron chi connectivity index (χ3n) is 4.61. The van der Waals surface area contributed by atoms with Gasteiger partial charge in [-0.15, -0.1) is 11.3 Å². The first-order valence-corrected chi connectivity index (χ1v) is 11.2. The Balaban J connectivity index is 1.51. The van der Waals surface area contributed by atoms with Crippen LogP contribution in [0.3, 0.4) is 0 Å². The molecular weight excluding hydrogens is 412 g/mol. The Morgan fingerprint density at radius 3 is 2.58 bits per heavy atom. The van der Waals surface area contributed by atoms with Gasteiger partial charge < -0.3 is 19.5 Å². The van der Waals surface area contributed by atoms with E-state index in [1.165, 1.54) is 0 Å². The molecule has 0 fully saturated rings. The van der Waals surface area contributed by atoms with Crippen LogP contribution in [0.5, 0.6) is 17.2 Å². The van der Waals surface area contributed by atoms with Crippen molar-refractivity contribution in [2.75, 3.05) is 13.7 Å². The number of thiazole rings is 1. The second-order valence-electron chi connectivity index (χ2n) is 7.04. The number of carbonyl (C=O) groups is 1. The molecule has 1 N–H and O–H groups in total. The van der Waals surface area contributed by atoms with Gasteiger partial charge in [0.2, 0.25) is 0 Å². The number of aromatic nitrogens is 1. The van der Waals surface area contributed by atoms with Crippen LogP contribution in [0, 0.1) is 6.92 Å². The molecule has 0 spiro atoms. The summed E-state index contributed by atoms with van der Waals surface area (Å²) in [6, 6.07) is 12.8. The number of nitrogens with one attached hydrogen (secondary N) is 1. The number of methoxy groups -OCH3 is 1. The van der Waals surface area contributed by atoms with Crippen molar-refractivity contribution in [1.29, 1.82) is 0 Å². The van der Waals surface area contributed by atoms with Crippen LogP contribution in [0.1, 0.15) is 46.4 Å². The van der Waals surface area contributed by atoms with Crippen LogP contribution in [0.25, 0.3) is 0 Å². The number of nitrogens with zero attached hydrogens (tertiary/aromatic N) is 1. The van der Waals surface area contributed by atoms with Gasteiger partial charge in [-0.05, 0) is 55.3 Å². The topological polar surface area (TPSA) is 69.7 Å². The van der Waals surface area contributed by atoms with E-state index >= 15 is 0 Å². The minimum atomic E-state index is -0.149. The molecule has 0 aliphatic carbocycles. The van der Waals surface area contributed by atoms with E-state index in [1.807, 2.05) is 30.5 Å². The first kappa shape index (κ1) is 22.6. The molecule has 1 aromatic heterocycles. The van der Waals surface area contributed by atoms with Crippen molar-refractivity contribution in [2.24, 2.45) is 0 Å². The van der Waals surface area contributed by atoms with E-state index in [0.717, 1.165) is 34.9 Å². The van der Waals surface area contributed by atoms with Gasteiger partial charge in [0.15, 0.2) is 11.5 Å². The number of aryl methyl sites for hydroxylation is 1. The van der Waals surface area contributed by atoms with E-state index in [4.69, 9.17) is 14.2 Å². The van der Waals surface area contributed by atoms with Gasteiger partial charge in [-0.3, -0.25) is 4.79 Å². The maximum Gasteiger partial charge on any atom is 0.251 e. The van der Waals surface area contributed by atoms with E-state index in [9.17, 15) is 4.79 Å². The first-order chi connectivity index (χ1) is 15.1. The van der Waals surface area contributed by atoms with E-state index < -0.39 is 0 Å². The molecule has 7 heteroatoms. The SMILES string of the molecule is CCCCOc1ccc(CNC(=O)c2ccc(OCc3csc(C)n3)cc2)cc1OC. The fourth-order valence-corrected chi connectivity index (χ4v) is 3.48. The number of hydrogen-bond donors (Lipinski definition) is 1. The van der Waals surface area contributed by atoms with Gasteiger partial charge in [0.1, 0.15) is 12.4 Å². The largest absolute Gasteiger partial charge is 0.493 e. The quantitative estimate of drug-likeness (QED) is 0.418. The summed E-state index contributed by atoms with van der Waals surface area (Å²) in [5.74, 6) is 1.93. The fourth-order valence-electron chi connectivity index (χ4n) is 2.89. The van der Waals surface area contributed by atoms with Crippen LogP contribution in [0.15, 0.2) is 47.8 Å². The summed E-state index contributed by atoms with van der Waals surface area (Å²) in [4.78, 5) is 16.9. The maximum atomic E-state index is 12.5. The normalized spacial score (nSPS) is 10.5. The number of hydrogen-bond acceptors (Lipinski definition) is 6. The summed E-state index contributed by atoms with van der Waals surface area (Å²) in [5.41, 5.74) is 2.41. The van der Waals surface area contributed by atoms with E-state index in [1.54, 1.807) is 42.7 Å². The molecule has 0 aliphatic heterocycles. The summed E-state index contributed by atoms with van der Waals surface area (Å²) in [5, 5.41) is 5.93. The molecule has 0 atom stereocenters. The smallest absolute Gasteiger partial charge is 0.251 e. The molecule has 3 aromatic rings. The van der Waals surface area contributed by atoms with Gasteiger partial charge in [0.25, 0.3) is 5.91 Å². The number of amides is 1. The van der Waals surface area contributed by atoms with Gasteiger partial charge in [-0.1, -0.05) is 19.4 Å². The zero-order valence-corrected chi connectivity index (χ0v) is 19.0. The zero-order chi connectivity index (χ0) is 22.1. The van der Waals surface area contributed by atoms with E-state index in [2.05, 4.69) is 17.2 Å². The molecule has 0 bridgehead atoms. The van der Waals surface area contributed by atoms with Crippen molar-refractivity contribution >= 4 is 17.2 Å². The molecule has 3 rings (SSSR count). The van der Waals surface area contributed by atoms with E-state index in [0.29, 0.717) is 36.8 Å². The molecule has 31 heavy (non-hydrogen) atoms. The Hall–Kier alpha value is -3.06. The van der Waals surface area contributed by atoms with Gasteiger partial charge >= 0.3 is 0 Å². The minimum Gasteiger partial charge on any atom is -0.493 e. The van der Waals surface area contributed by atoms with Crippen LogP contribution in [0.4, 0.5) is 0 Å². The monoisotopic (exact) mass is 440 g/mol. The molecule has 0 aliphatic rings. The highest BCUT2D eigenvalue weighted by Crippen LogP contribution is 2.28. The van der Waals surface area contributed by atoms with Crippen molar-refractivity contribution in [3.63, 3.8) is 0 Å². The number of rotatable bonds is 11. The summed E-state index contributed by atoms with van der Waals surface area (Å²) >= 11 is 1.60. The maximum absolute atomic E-state index is 12.5. The van der Waals surface area contributed by atoms with Crippen LogP contribution >= 0.6 is 11.3 Å². The van der Waals surface area contributed by atoms with Crippen LogP contribution in [-0.4, -0.2) is 24.6 Å².